The number of aromatic nitrogens is 4. The number of H-pyrrole nitrogens is 1. The molecule has 0 saturated carbocycles. The third kappa shape index (κ3) is 8.86. The number of imidazole rings is 1. The zero-order chi connectivity index (χ0) is 27.5. The van der Waals surface area contributed by atoms with Gasteiger partial charge in [0.1, 0.15) is 24.1 Å². The third-order valence-electron chi connectivity index (χ3n) is 4.88. The Morgan fingerprint density at radius 1 is 1.44 bits per heavy atom. The van der Waals surface area contributed by atoms with Crippen molar-refractivity contribution in [3.8, 4) is 0 Å². The Morgan fingerprint density at radius 2 is 2.11 bits per heavy atom. The van der Waals surface area contributed by atoms with E-state index >= 15 is 0 Å². The molecule has 5 atom stereocenters. The molecule has 0 spiro atoms. The number of alkyl halides is 1. The quantitative estimate of drug-likeness (QED) is 0.0967. The molecule has 0 bridgehead atoms. The topological polar surface area (TPSA) is 175 Å². The molecule has 4 unspecified atom stereocenters. The second-order valence-corrected chi connectivity index (χ2v) is 10.9. The molecule has 3 heterocycles. The maximum Gasteiger partial charge on any atom is 0.280 e. The van der Waals surface area contributed by atoms with Crippen molar-refractivity contribution in [2.45, 2.75) is 58.7 Å². The number of halogens is 1. The fourth-order valence-corrected chi connectivity index (χ4v) is 3.93. The lowest BCUT2D eigenvalue weighted by Crippen LogP contribution is -2.44. The number of nitrogens with two attached hydrogens (primary N) is 1. The highest BCUT2D eigenvalue weighted by Gasteiger charge is 2.53. The minimum atomic E-state index is -1.66. The first-order chi connectivity index (χ1) is 17.0. The van der Waals surface area contributed by atoms with Gasteiger partial charge in [-0.05, 0) is 13.2 Å². The van der Waals surface area contributed by atoms with E-state index in [1.54, 1.807) is 11.8 Å². The van der Waals surface area contributed by atoms with Gasteiger partial charge in [-0.1, -0.05) is 50.3 Å². The number of aldehydes is 1. The number of aliphatic hydroxyl groups is 2. The number of nitrogens with zero attached hydrogens (tertiary/aromatic N) is 3. The third-order valence-corrected chi connectivity index (χ3v) is 8.02. The minimum Gasteiger partial charge on any atom is -0.387 e. The van der Waals surface area contributed by atoms with Gasteiger partial charge in [0, 0.05) is 15.6 Å². The summed E-state index contributed by atoms with van der Waals surface area (Å²) in [5, 5.41) is 21.2. The lowest BCUT2D eigenvalue weighted by atomic mass is 9.96. The molecule has 1 saturated heterocycles. The molecule has 15 heteroatoms. The van der Waals surface area contributed by atoms with E-state index in [0.717, 1.165) is 16.5 Å². The molecular weight excluding hydrogens is 624 g/mol. The smallest absolute Gasteiger partial charge is 0.280 e. The van der Waals surface area contributed by atoms with E-state index in [4.69, 9.17) is 19.5 Å². The maximum atomic E-state index is 11.9. The molecule has 0 radical (unpaired) electrons. The van der Waals surface area contributed by atoms with Crippen molar-refractivity contribution in [2.75, 3.05) is 35.4 Å². The Morgan fingerprint density at radius 3 is 2.67 bits per heavy atom. The van der Waals surface area contributed by atoms with Crippen LogP contribution in [0.15, 0.2) is 11.1 Å². The molecule has 0 aliphatic carbocycles. The molecule has 2 aromatic heterocycles. The summed E-state index contributed by atoms with van der Waals surface area (Å²) >= 11 is 3.86. The van der Waals surface area contributed by atoms with Crippen LogP contribution in [0.4, 0.5) is 5.95 Å². The summed E-state index contributed by atoms with van der Waals surface area (Å²) in [5.74, 6) is 0.773. The van der Waals surface area contributed by atoms with Crippen LogP contribution in [-0.4, -0.2) is 83.5 Å². The Balaban J connectivity index is 0.000000623. The van der Waals surface area contributed by atoms with Gasteiger partial charge in [-0.15, -0.1) is 0 Å². The van der Waals surface area contributed by atoms with Gasteiger partial charge in [-0.2, -0.15) is 16.7 Å². The van der Waals surface area contributed by atoms with E-state index in [9.17, 15) is 19.8 Å². The van der Waals surface area contributed by atoms with Crippen LogP contribution in [0, 0.1) is 5.41 Å². The van der Waals surface area contributed by atoms with Gasteiger partial charge in [0.25, 0.3) is 5.56 Å². The van der Waals surface area contributed by atoms with E-state index in [1.165, 1.54) is 17.8 Å². The molecule has 0 amide bonds. The standard InChI is InChI=1S/C14H22N5O6PS.C5H9IO.C2H6/c1-14(22)9(20)7(5-24-26-23-3-4-27-2)25-12(14)19-6-16-8-10(19)17-13(15)18-11(8)21;1-5(2,3-6)4-7;1-2/h6-7,9,12,20,22,26H,3-5H2,1-2H3,(H3,15,17,18,21);4H,3H2,1-2H3;1-2H3/t7?,9-,12?,14?;;/m0../s1. The molecule has 206 valence electrons. The summed E-state index contributed by atoms with van der Waals surface area (Å²) in [7, 11) is -0.193. The van der Waals surface area contributed by atoms with Gasteiger partial charge in [-0.3, -0.25) is 14.3 Å². The number of thioether (sulfide) groups is 1. The van der Waals surface area contributed by atoms with E-state index in [2.05, 4.69) is 37.5 Å². The molecule has 5 N–H and O–H groups in total. The molecule has 1 aliphatic heterocycles. The van der Waals surface area contributed by atoms with Gasteiger partial charge < -0.3 is 34.5 Å². The highest BCUT2D eigenvalue weighted by molar-refractivity contribution is 14.1. The number of carbonyl (C=O) groups is 1. The molecule has 1 fully saturated rings. The summed E-state index contributed by atoms with van der Waals surface area (Å²) in [6.45, 7) is 9.88. The fraction of sp³-hybridized carbons (Fsp3) is 0.714. The highest BCUT2D eigenvalue weighted by Crippen LogP contribution is 2.39. The number of rotatable bonds is 10. The maximum absolute atomic E-state index is 11.9. The first kappa shape index (κ1) is 33.2. The average Bonchev–Trinajstić information content (AvgIpc) is 3.36. The molecule has 12 nitrogen and oxygen atoms in total. The summed E-state index contributed by atoms with van der Waals surface area (Å²) < 4.78 is 18.8. The Hall–Kier alpha value is -0.870. The first-order valence-corrected chi connectivity index (χ1v) is 15.0. The van der Waals surface area contributed by atoms with Gasteiger partial charge in [0.05, 0.1) is 19.5 Å². The predicted octanol–water partition coefficient (Wildman–Crippen LogP) is 2.29. The van der Waals surface area contributed by atoms with Crippen LogP contribution in [0.2, 0.25) is 0 Å². The number of nitrogen functional groups attached to an aromatic ring is 1. The van der Waals surface area contributed by atoms with Crippen molar-refractivity contribution in [3.63, 3.8) is 0 Å². The molecular formula is C21H37IN5O7PS. The Bertz CT molecular complexity index is 1010. The van der Waals surface area contributed by atoms with Crippen LogP contribution in [0.1, 0.15) is 40.8 Å². The fourth-order valence-electron chi connectivity index (χ4n) is 2.85. The minimum absolute atomic E-state index is 0.0360. The number of fused-ring (bicyclic) bond motifs is 1. The van der Waals surface area contributed by atoms with E-state index in [1.807, 2.05) is 34.0 Å². The summed E-state index contributed by atoms with van der Waals surface area (Å²) in [6.07, 6.45) is 1.23. The van der Waals surface area contributed by atoms with Crippen molar-refractivity contribution in [1.29, 1.82) is 0 Å². The predicted molar refractivity (Wildman–Crippen MR) is 152 cm³/mol. The summed E-state index contributed by atoms with van der Waals surface area (Å²) in [6, 6.07) is 0. The number of anilines is 1. The molecule has 2 aromatic rings. The first-order valence-electron chi connectivity index (χ1n) is 11.3. The largest absolute Gasteiger partial charge is 0.387 e. The summed E-state index contributed by atoms with van der Waals surface area (Å²) in [5.41, 5.74) is 3.53. The average molecular weight is 662 g/mol. The Kier molecular flexibility index (Phi) is 14.3. The van der Waals surface area contributed by atoms with Crippen LogP contribution in [-0.2, 0) is 18.6 Å². The number of carbonyl (C=O) groups excluding carboxylic acids is 1. The Labute approximate surface area is 230 Å². The number of hydrogen-bond donors (Lipinski definition) is 4. The van der Waals surface area contributed by atoms with Crippen LogP contribution in [0.3, 0.4) is 0 Å². The van der Waals surface area contributed by atoms with Crippen molar-refractivity contribution < 1.29 is 28.8 Å². The van der Waals surface area contributed by atoms with Crippen molar-refractivity contribution >= 4 is 66.8 Å². The van der Waals surface area contributed by atoms with E-state index in [-0.39, 0.29) is 38.2 Å². The van der Waals surface area contributed by atoms with Gasteiger partial charge >= 0.3 is 0 Å². The van der Waals surface area contributed by atoms with Crippen LogP contribution >= 0.6 is 43.4 Å². The number of hydrogen-bond acceptors (Lipinski definition) is 11. The monoisotopic (exact) mass is 661 g/mol. The number of nitrogens with one attached hydrogen (secondary N) is 1. The molecule has 1 aliphatic rings. The number of aromatic amines is 1. The lowest BCUT2D eigenvalue weighted by Gasteiger charge is -2.27. The molecule has 36 heavy (non-hydrogen) atoms. The lowest BCUT2D eigenvalue weighted by molar-refractivity contribution is -0.113. The van der Waals surface area contributed by atoms with Crippen LogP contribution in [0.5, 0.6) is 0 Å². The van der Waals surface area contributed by atoms with Crippen LogP contribution in [0.25, 0.3) is 11.2 Å². The van der Waals surface area contributed by atoms with Crippen molar-refractivity contribution in [3.05, 3.63) is 16.7 Å². The molecule has 3 rings (SSSR count). The summed E-state index contributed by atoms with van der Waals surface area (Å²) in [4.78, 5) is 32.4. The second-order valence-electron chi connectivity index (χ2n) is 8.45. The van der Waals surface area contributed by atoms with Crippen molar-refractivity contribution in [1.82, 2.24) is 19.5 Å². The second kappa shape index (κ2) is 15.5. The SMILES string of the molecule is CC.CC(C)(C=O)CI.CSCCOPOCC1OC(n2cnc3c(=O)[nH]c(N)nc32)C(C)(O)[C@H]1O. The zero-order valence-corrected chi connectivity index (χ0v) is 25.3. The molecule has 0 aromatic carbocycles. The number of ether oxygens (including phenoxy) is 1. The van der Waals surface area contributed by atoms with Gasteiger partial charge in [0.15, 0.2) is 26.4 Å². The van der Waals surface area contributed by atoms with Crippen molar-refractivity contribution in [2.24, 2.45) is 5.41 Å². The van der Waals surface area contributed by atoms with Gasteiger partial charge in [-0.25, -0.2) is 4.98 Å². The van der Waals surface area contributed by atoms with Gasteiger partial charge in [0.2, 0.25) is 5.95 Å². The van der Waals surface area contributed by atoms with E-state index < -0.39 is 29.6 Å². The number of aliphatic hydroxyl groups excluding tert-OH is 1. The normalized spacial score (nSPS) is 23.9. The highest BCUT2D eigenvalue weighted by atomic mass is 127. The van der Waals surface area contributed by atoms with Crippen LogP contribution < -0.4 is 11.3 Å². The zero-order valence-electron chi connectivity index (χ0n) is 21.4. The van der Waals surface area contributed by atoms with E-state index in [0.29, 0.717) is 6.61 Å².